The highest BCUT2D eigenvalue weighted by atomic mass is 32.1. The molecular weight excluding hydrogens is 154 g/mol. The number of carboxylic acid groups (broad SMARTS) is 2. The topological polar surface area (TPSA) is 96.9 Å². The van der Waals surface area contributed by atoms with Gasteiger partial charge >= 0.3 is 0 Å². The van der Waals surface area contributed by atoms with Crippen molar-refractivity contribution in [2.45, 2.75) is 19.8 Å². The van der Waals surface area contributed by atoms with E-state index in [1.54, 1.807) is 5.37 Å². The zero-order chi connectivity index (χ0) is 7.70. The first-order valence-electron chi connectivity index (χ1n) is 2.48. The van der Waals surface area contributed by atoms with Gasteiger partial charge in [0.05, 0.1) is 0 Å². The Labute approximate surface area is 65.4 Å². The molecule has 5 N–H and O–H groups in total. The molecule has 0 heterocycles. The molecule has 0 atom stereocenters. The van der Waals surface area contributed by atoms with E-state index in [0.717, 1.165) is 6.42 Å². The van der Waals surface area contributed by atoms with Gasteiger partial charge in [0.2, 0.25) is 6.16 Å². The van der Waals surface area contributed by atoms with Crippen molar-refractivity contribution >= 4 is 23.7 Å². The molecule has 0 aliphatic heterocycles. The SMILES string of the molecule is CCCC=S.O=C([O-])O.[NH4+]. The standard InChI is InChI=1S/C4H8S.CH2O3.H3N/c1-2-3-4-5;2-1(3)4;/h4H,2-3H2,1H3;(H2,2,3,4);1H3. The maximum absolute atomic E-state index is 8.44. The molecule has 0 bridgehead atoms. The summed E-state index contributed by atoms with van der Waals surface area (Å²) in [5.74, 6) is 0. The van der Waals surface area contributed by atoms with Gasteiger partial charge in [0.1, 0.15) is 0 Å². The second kappa shape index (κ2) is 15.8. The van der Waals surface area contributed by atoms with Crippen LogP contribution < -0.4 is 11.3 Å². The van der Waals surface area contributed by atoms with Crippen LogP contribution in [0, 0.1) is 0 Å². The van der Waals surface area contributed by atoms with Crippen molar-refractivity contribution in [1.29, 1.82) is 0 Å². The summed E-state index contributed by atoms with van der Waals surface area (Å²) < 4.78 is 0. The van der Waals surface area contributed by atoms with Gasteiger partial charge in [-0.2, -0.15) is 0 Å². The molecule has 0 unspecified atom stereocenters. The molecule has 0 aromatic rings. The second-order valence-electron chi connectivity index (χ2n) is 1.22. The molecule has 0 aromatic carbocycles. The maximum atomic E-state index is 8.44. The van der Waals surface area contributed by atoms with E-state index in [-0.39, 0.29) is 6.15 Å². The van der Waals surface area contributed by atoms with Gasteiger partial charge in [-0.15, -0.1) is 0 Å². The minimum absolute atomic E-state index is 0. The second-order valence-corrected chi connectivity index (χ2v) is 1.55. The van der Waals surface area contributed by atoms with Gasteiger partial charge in [0.25, 0.3) is 0 Å². The van der Waals surface area contributed by atoms with Crippen LogP contribution in [-0.2, 0) is 0 Å². The summed E-state index contributed by atoms with van der Waals surface area (Å²) in [6, 6.07) is 0. The van der Waals surface area contributed by atoms with E-state index < -0.39 is 6.16 Å². The van der Waals surface area contributed by atoms with Crippen LogP contribution in [0.5, 0.6) is 0 Å². The molecule has 0 aromatic heterocycles. The number of quaternary nitrogens is 1. The molecule has 0 amide bonds. The first-order valence-corrected chi connectivity index (χ1v) is 2.95. The van der Waals surface area contributed by atoms with Gasteiger partial charge in [-0.05, 0) is 11.8 Å². The monoisotopic (exact) mass is 167 g/mol. The lowest BCUT2D eigenvalue weighted by Crippen LogP contribution is -2.17. The Kier molecular flexibility index (Phi) is 25.4. The highest BCUT2D eigenvalue weighted by molar-refractivity contribution is 7.78. The first-order chi connectivity index (χ1) is 4.15. The largest absolute Gasteiger partial charge is 0.565 e. The lowest BCUT2D eigenvalue weighted by atomic mass is 10.4. The highest BCUT2D eigenvalue weighted by Gasteiger charge is 1.63. The minimum atomic E-state index is -2.08. The molecule has 0 aliphatic carbocycles. The Hall–Kier alpha value is -0.680. The van der Waals surface area contributed by atoms with Crippen molar-refractivity contribution in [3.8, 4) is 0 Å². The van der Waals surface area contributed by atoms with Crippen molar-refractivity contribution in [2.75, 3.05) is 0 Å². The normalized spacial score (nSPS) is 6.10. The summed E-state index contributed by atoms with van der Waals surface area (Å²) in [7, 11) is 0. The molecule has 5 heteroatoms. The Bertz CT molecular complexity index is 83.0. The van der Waals surface area contributed by atoms with E-state index in [0.29, 0.717) is 0 Å². The Balaban J connectivity index is -0.0000000910. The van der Waals surface area contributed by atoms with Crippen molar-refractivity contribution in [3.05, 3.63) is 0 Å². The Morgan fingerprint density at radius 2 is 2.10 bits per heavy atom. The maximum Gasteiger partial charge on any atom is 0.249 e. The average molecular weight is 167 g/mol. The third kappa shape index (κ3) is 168. The van der Waals surface area contributed by atoms with E-state index in [4.69, 9.17) is 15.0 Å². The van der Waals surface area contributed by atoms with E-state index >= 15 is 0 Å². The summed E-state index contributed by atoms with van der Waals surface area (Å²) in [6.45, 7) is 2.11. The molecule has 0 saturated carbocycles. The van der Waals surface area contributed by atoms with Crippen LogP contribution in [0.15, 0.2) is 0 Å². The molecular formula is C5H13NO3S. The Morgan fingerprint density at radius 1 is 1.80 bits per heavy atom. The summed E-state index contributed by atoms with van der Waals surface area (Å²) in [6.07, 6.45) is 0.179. The van der Waals surface area contributed by atoms with Gasteiger partial charge < -0.3 is 21.2 Å². The average Bonchev–Trinajstić information content (AvgIpc) is 1.66. The van der Waals surface area contributed by atoms with Gasteiger partial charge in [-0.3, -0.25) is 0 Å². The highest BCUT2D eigenvalue weighted by Crippen LogP contribution is 1.77. The number of rotatable bonds is 2. The molecule has 62 valence electrons. The predicted octanol–water partition coefficient (Wildman–Crippen LogP) is 1.05. The van der Waals surface area contributed by atoms with Crippen LogP contribution in [0.25, 0.3) is 0 Å². The Morgan fingerprint density at radius 3 is 2.10 bits per heavy atom. The molecule has 4 nitrogen and oxygen atoms in total. The number of thiocarbonyl (C=S) groups is 1. The molecule has 10 heavy (non-hydrogen) atoms. The van der Waals surface area contributed by atoms with E-state index in [1.165, 1.54) is 6.42 Å². The van der Waals surface area contributed by atoms with Gasteiger partial charge in [-0.1, -0.05) is 25.6 Å². The van der Waals surface area contributed by atoms with Crippen molar-refractivity contribution in [3.63, 3.8) is 0 Å². The number of carbonyl (C=O) groups is 1. The van der Waals surface area contributed by atoms with Crippen LogP contribution in [0.1, 0.15) is 19.8 Å². The summed E-state index contributed by atoms with van der Waals surface area (Å²) in [4.78, 5) is 8.44. The molecule has 0 spiro atoms. The number of unbranched alkanes of at least 4 members (excludes halogenated alkanes) is 1. The minimum Gasteiger partial charge on any atom is -0.565 e. The first kappa shape index (κ1) is 16.2. The molecule has 0 radical (unpaired) electrons. The van der Waals surface area contributed by atoms with Gasteiger partial charge in [0, 0.05) is 0 Å². The molecule has 0 rings (SSSR count). The van der Waals surface area contributed by atoms with Crippen LogP contribution in [0.2, 0.25) is 0 Å². The third-order valence-corrected chi connectivity index (χ3v) is 0.642. The quantitative estimate of drug-likeness (QED) is 0.600. The predicted molar refractivity (Wildman–Crippen MR) is 42.6 cm³/mol. The van der Waals surface area contributed by atoms with Crippen molar-refractivity contribution in [1.82, 2.24) is 6.15 Å². The van der Waals surface area contributed by atoms with E-state index in [1.807, 2.05) is 0 Å². The van der Waals surface area contributed by atoms with Gasteiger partial charge in [-0.25, -0.2) is 0 Å². The smallest absolute Gasteiger partial charge is 0.249 e. The number of hydrogen-bond donors (Lipinski definition) is 2. The lowest BCUT2D eigenvalue weighted by Gasteiger charge is -1.74. The molecule has 0 aliphatic rings. The summed E-state index contributed by atoms with van der Waals surface area (Å²) in [5, 5.41) is 17.1. The zero-order valence-electron chi connectivity index (χ0n) is 6.16. The van der Waals surface area contributed by atoms with E-state index in [9.17, 15) is 0 Å². The molecule has 0 fully saturated rings. The van der Waals surface area contributed by atoms with Crippen LogP contribution in [0.4, 0.5) is 4.79 Å². The van der Waals surface area contributed by atoms with Crippen LogP contribution >= 0.6 is 12.2 Å². The van der Waals surface area contributed by atoms with Crippen LogP contribution in [0.3, 0.4) is 0 Å². The van der Waals surface area contributed by atoms with Crippen molar-refractivity contribution in [2.24, 2.45) is 0 Å². The fraction of sp³-hybridized carbons (Fsp3) is 0.600. The molecule has 0 saturated heterocycles. The third-order valence-electron chi connectivity index (χ3n) is 0.407. The summed E-state index contributed by atoms with van der Waals surface area (Å²) in [5.41, 5.74) is 0. The fourth-order valence-corrected chi connectivity index (χ4v) is 0.354. The van der Waals surface area contributed by atoms with Crippen molar-refractivity contribution < 1.29 is 15.0 Å². The fourth-order valence-electron chi connectivity index (χ4n) is 0.118. The van der Waals surface area contributed by atoms with Gasteiger partial charge in [0.15, 0.2) is 0 Å². The van der Waals surface area contributed by atoms with Crippen LogP contribution in [-0.4, -0.2) is 16.6 Å². The lowest BCUT2D eigenvalue weighted by molar-refractivity contribution is -0.275. The number of hydrogen-bond acceptors (Lipinski definition) is 3. The summed E-state index contributed by atoms with van der Waals surface area (Å²) >= 11 is 4.53. The zero-order valence-corrected chi connectivity index (χ0v) is 6.98. The van der Waals surface area contributed by atoms with E-state index in [2.05, 4.69) is 19.1 Å².